The van der Waals surface area contributed by atoms with Crippen molar-refractivity contribution in [3.8, 4) is 17.0 Å². The first-order chi connectivity index (χ1) is 15.1. The van der Waals surface area contributed by atoms with Crippen molar-refractivity contribution in [2.45, 2.75) is 31.4 Å². The molecule has 164 valence electrons. The number of rotatable bonds is 8. The summed E-state index contributed by atoms with van der Waals surface area (Å²) >= 11 is 2.79. The molecular formula is C23H28N4O2S2. The van der Waals surface area contributed by atoms with Gasteiger partial charge in [-0.25, -0.2) is 4.98 Å². The zero-order valence-corrected chi connectivity index (χ0v) is 19.5. The van der Waals surface area contributed by atoms with Crippen molar-refractivity contribution in [2.24, 2.45) is 5.14 Å². The summed E-state index contributed by atoms with van der Waals surface area (Å²) in [7, 11) is 0. The van der Waals surface area contributed by atoms with Crippen LogP contribution in [0.3, 0.4) is 0 Å². The van der Waals surface area contributed by atoms with Gasteiger partial charge in [-0.15, -0.1) is 11.3 Å². The van der Waals surface area contributed by atoms with Crippen LogP contribution in [0.4, 0.5) is 10.8 Å². The van der Waals surface area contributed by atoms with Crippen molar-refractivity contribution >= 4 is 34.1 Å². The number of nitrogens with two attached hydrogens (primary N) is 1. The number of aromatic nitrogens is 1. The number of nitrogens with one attached hydrogen (secondary N) is 1. The SMILES string of the molecule is CC(C)Oc1ccc(SN)cc1Nc1nc(-c2ccc(CN3CCOCC3)cc2)cs1. The summed E-state index contributed by atoms with van der Waals surface area (Å²) in [5, 5.41) is 12.0. The van der Waals surface area contributed by atoms with E-state index in [-0.39, 0.29) is 6.10 Å². The Labute approximate surface area is 191 Å². The van der Waals surface area contributed by atoms with E-state index >= 15 is 0 Å². The molecule has 0 radical (unpaired) electrons. The Morgan fingerprint density at radius 3 is 2.68 bits per heavy atom. The molecule has 0 unspecified atom stereocenters. The predicted octanol–water partition coefficient (Wildman–Crippen LogP) is 5.14. The molecule has 8 heteroatoms. The maximum Gasteiger partial charge on any atom is 0.187 e. The average molecular weight is 457 g/mol. The standard InChI is InChI=1S/C23H28N4O2S2/c1-16(2)29-22-8-7-19(31-24)13-20(22)25-23-26-21(15-30-23)18-5-3-17(4-6-18)14-27-9-11-28-12-10-27/h3-8,13,15-16H,9-12,14,24H2,1-2H3,(H,25,26). The highest BCUT2D eigenvalue weighted by Gasteiger charge is 2.13. The van der Waals surface area contributed by atoms with Gasteiger partial charge in [-0.1, -0.05) is 24.3 Å². The lowest BCUT2D eigenvalue weighted by molar-refractivity contribution is 0.0342. The van der Waals surface area contributed by atoms with Gasteiger partial charge in [-0.3, -0.25) is 10.0 Å². The van der Waals surface area contributed by atoms with E-state index in [2.05, 4.69) is 39.9 Å². The summed E-state index contributed by atoms with van der Waals surface area (Å²) in [6, 6.07) is 14.6. The van der Waals surface area contributed by atoms with Crippen LogP contribution < -0.4 is 15.2 Å². The van der Waals surface area contributed by atoms with Crippen molar-refractivity contribution in [3.63, 3.8) is 0 Å². The summed E-state index contributed by atoms with van der Waals surface area (Å²) in [4.78, 5) is 8.17. The zero-order valence-electron chi connectivity index (χ0n) is 17.8. The molecule has 0 amide bonds. The fourth-order valence-corrected chi connectivity index (χ4v) is 4.48. The van der Waals surface area contributed by atoms with Crippen LogP contribution >= 0.6 is 23.3 Å². The zero-order chi connectivity index (χ0) is 21.6. The van der Waals surface area contributed by atoms with Gasteiger partial charge in [-0.2, -0.15) is 0 Å². The molecule has 1 aliphatic rings. The molecule has 31 heavy (non-hydrogen) atoms. The summed E-state index contributed by atoms with van der Waals surface area (Å²) < 4.78 is 11.4. The quantitative estimate of drug-likeness (QED) is 0.455. The molecule has 1 aromatic heterocycles. The van der Waals surface area contributed by atoms with Gasteiger partial charge in [0.25, 0.3) is 0 Å². The van der Waals surface area contributed by atoms with Crippen LogP contribution in [-0.4, -0.2) is 42.3 Å². The molecule has 0 saturated carbocycles. The predicted molar refractivity (Wildman–Crippen MR) is 129 cm³/mol. The third kappa shape index (κ3) is 5.99. The van der Waals surface area contributed by atoms with E-state index in [1.54, 1.807) is 11.3 Å². The van der Waals surface area contributed by atoms with Crippen LogP contribution in [0.2, 0.25) is 0 Å². The molecule has 4 rings (SSSR count). The van der Waals surface area contributed by atoms with Crippen molar-refractivity contribution in [1.29, 1.82) is 0 Å². The molecular weight excluding hydrogens is 428 g/mol. The fraction of sp³-hybridized carbons (Fsp3) is 0.348. The molecule has 1 fully saturated rings. The van der Waals surface area contributed by atoms with E-state index in [0.29, 0.717) is 0 Å². The molecule has 0 spiro atoms. The second-order valence-corrected chi connectivity index (χ2v) is 9.26. The van der Waals surface area contributed by atoms with Crippen LogP contribution in [0.25, 0.3) is 11.3 Å². The third-order valence-electron chi connectivity index (χ3n) is 4.96. The Balaban J connectivity index is 1.46. The highest BCUT2D eigenvalue weighted by molar-refractivity contribution is 7.97. The number of hydrogen-bond acceptors (Lipinski definition) is 8. The minimum absolute atomic E-state index is 0.0831. The van der Waals surface area contributed by atoms with Crippen LogP contribution in [0.1, 0.15) is 19.4 Å². The molecule has 6 nitrogen and oxygen atoms in total. The number of hydrogen-bond donors (Lipinski definition) is 2. The van der Waals surface area contributed by atoms with E-state index in [4.69, 9.17) is 19.6 Å². The summed E-state index contributed by atoms with van der Waals surface area (Å²) in [5.74, 6) is 0.789. The van der Waals surface area contributed by atoms with Crippen LogP contribution in [0.15, 0.2) is 52.7 Å². The van der Waals surface area contributed by atoms with Gasteiger partial charge < -0.3 is 14.8 Å². The molecule has 0 aliphatic carbocycles. The molecule has 2 heterocycles. The second kappa shape index (κ2) is 10.5. The summed E-state index contributed by atoms with van der Waals surface area (Å²) in [6.07, 6.45) is 0.0831. The first kappa shape index (κ1) is 22.1. The lowest BCUT2D eigenvalue weighted by atomic mass is 10.1. The highest BCUT2D eigenvalue weighted by atomic mass is 32.2. The number of morpholine rings is 1. The van der Waals surface area contributed by atoms with Gasteiger partial charge in [0.05, 0.1) is 30.7 Å². The van der Waals surface area contributed by atoms with E-state index in [1.165, 1.54) is 17.5 Å². The Hall–Kier alpha value is -2.10. The Bertz CT molecular complexity index is 985. The fourth-order valence-electron chi connectivity index (χ4n) is 3.41. The third-order valence-corrected chi connectivity index (χ3v) is 6.24. The van der Waals surface area contributed by atoms with Gasteiger partial charge in [0.1, 0.15) is 5.75 Å². The Morgan fingerprint density at radius 2 is 1.97 bits per heavy atom. The van der Waals surface area contributed by atoms with E-state index in [1.807, 2.05) is 32.0 Å². The lowest BCUT2D eigenvalue weighted by Crippen LogP contribution is -2.35. The number of thiazole rings is 1. The first-order valence-electron chi connectivity index (χ1n) is 10.4. The largest absolute Gasteiger partial charge is 0.489 e. The normalized spacial score (nSPS) is 14.7. The maximum atomic E-state index is 5.94. The van der Waals surface area contributed by atoms with Gasteiger partial charge in [0.2, 0.25) is 0 Å². The van der Waals surface area contributed by atoms with E-state index < -0.39 is 0 Å². The Kier molecular flexibility index (Phi) is 7.47. The van der Waals surface area contributed by atoms with Crippen LogP contribution in [0, 0.1) is 0 Å². The minimum Gasteiger partial charge on any atom is -0.489 e. The minimum atomic E-state index is 0.0831. The Morgan fingerprint density at radius 1 is 1.19 bits per heavy atom. The van der Waals surface area contributed by atoms with Gasteiger partial charge in [-0.05, 0) is 49.6 Å². The van der Waals surface area contributed by atoms with Crippen molar-refractivity contribution in [1.82, 2.24) is 9.88 Å². The van der Waals surface area contributed by atoms with Crippen molar-refractivity contribution in [2.75, 3.05) is 31.6 Å². The summed E-state index contributed by atoms with van der Waals surface area (Å²) in [5.41, 5.74) is 4.25. The highest BCUT2D eigenvalue weighted by Crippen LogP contribution is 2.34. The number of anilines is 2. The van der Waals surface area contributed by atoms with E-state index in [9.17, 15) is 0 Å². The molecule has 0 bridgehead atoms. The molecule has 0 atom stereocenters. The van der Waals surface area contributed by atoms with Gasteiger partial charge in [0.15, 0.2) is 5.13 Å². The molecule has 2 aromatic carbocycles. The average Bonchev–Trinajstić information content (AvgIpc) is 3.24. The van der Waals surface area contributed by atoms with Gasteiger partial charge >= 0.3 is 0 Å². The molecule has 3 aromatic rings. The van der Waals surface area contributed by atoms with Crippen LogP contribution in [-0.2, 0) is 11.3 Å². The van der Waals surface area contributed by atoms with Crippen LogP contribution in [0.5, 0.6) is 5.75 Å². The first-order valence-corrected chi connectivity index (χ1v) is 12.2. The molecule has 1 aliphatic heterocycles. The maximum absolute atomic E-state index is 5.94. The smallest absolute Gasteiger partial charge is 0.187 e. The number of benzene rings is 2. The monoisotopic (exact) mass is 456 g/mol. The van der Waals surface area contributed by atoms with E-state index in [0.717, 1.165) is 65.6 Å². The molecule has 1 saturated heterocycles. The van der Waals surface area contributed by atoms with Gasteiger partial charge in [0, 0.05) is 35.5 Å². The van der Waals surface area contributed by atoms with Crippen molar-refractivity contribution in [3.05, 3.63) is 53.4 Å². The molecule has 3 N–H and O–H groups in total. The number of nitrogens with zero attached hydrogens (tertiary/aromatic N) is 2. The lowest BCUT2D eigenvalue weighted by Gasteiger charge is -2.26. The van der Waals surface area contributed by atoms with Crippen molar-refractivity contribution < 1.29 is 9.47 Å². The topological polar surface area (TPSA) is 72.6 Å². The summed E-state index contributed by atoms with van der Waals surface area (Å²) in [6.45, 7) is 8.62. The second-order valence-electron chi connectivity index (χ2n) is 7.69. The number of ether oxygens (including phenoxy) is 2.